The lowest BCUT2D eigenvalue weighted by atomic mass is 10.1. The van der Waals surface area contributed by atoms with Crippen molar-refractivity contribution in [3.05, 3.63) is 65.7 Å². The molecule has 164 valence electrons. The molecule has 0 atom stereocenters. The van der Waals surface area contributed by atoms with Crippen LogP contribution >= 0.6 is 0 Å². The van der Waals surface area contributed by atoms with Crippen LogP contribution in [0, 0.1) is 0 Å². The van der Waals surface area contributed by atoms with E-state index < -0.39 is 17.6 Å². The average Bonchev–Trinajstić information content (AvgIpc) is 2.97. The number of ether oxygens (including phenoxy) is 2. The van der Waals surface area contributed by atoms with Crippen molar-refractivity contribution in [1.82, 2.24) is 4.90 Å². The molecule has 0 radical (unpaired) electrons. The lowest BCUT2D eigenvalue weighted by Gasteiger charge is -2.18. The third-order valence-electron chi connectivity index (χ3n) is 4.73. The summed E-state index contributed by atoms with van der Waals surface area (Å²) in [5, 5.41) is 2.45. The number of benzene rings is 2. The highest BCUT2D eigenvalue weighted by molar-refractivity contribution is 6.09. The quantitative estimate of drug-likeness (QED) is 0.633. The van der Waals surface area contributed by atoms with Gasteiger partial charge in [-0.1, -0.05) is 24.8 Å². The molecule has 2 aromatic rings. The van der Waals surface area contributed by atoms with E-state index in [1.54, 1.807) is 24.3 Å². The summed E-state index contributed by atoms with van der Waals surface area (Å²) in [6.45, 7) is 4.27. The Labute approximate surface area is 177 Å². The number of hydrogen-bond acceptors (Lipinski definition) is 4. The molecule has 0 saturated heterocycles. The highest BCUT2D eigenvalue weighted by Crippen LogP contribution is 2.35. The second-order valence-corrected chi connectivity index (χ2v) is 6.80. The lowest BCUT2D eigenvalue weighted by Crippen LogP contribution is -2.27. The van der Waals surface area contributed by atoms with Gasteiger partial charge in [-0.05, 0) is 24.3 Å². The third kappa shape index (κ3) is 5.05. The number of carbonyl (C=O) groups is 2. The minimum absolute atomic E-state index is 0.0387. The van der Waals surface area contributed by atoms with Crippen LogP contribution in [0.2, 0.25) is 0 Å². The minimum atomic E-state index is -4.57. The highest BCUT2D eigenvalue weighted by Gasteiger charge is 2.32. The van der Waals surface area contributed by atoms with E-state index in [0.717, 1.165) is 18.2 Å². The molecule has 2 amide bonds. The molecule has 1 aliphatic heterocycles. The SMILES string of the molecule is C=C1c2ccccc2C(=O)N1CCC(=O)Nc1cc(C(F)(F)F)ccc1OCCOC. The summed E-state index contributed by atoms with van der Waals surface area (Å²) < 4.78 is 49.5. The molecule has 0 aromatic heterocycles. The van der Waals surface area contributed by atoms with Gasteiger partial charge in [0.15, 0.2) is 0 Å². The van der Waals surface area contributed by atoms with Crippen molar-refractivity contribution in [3.8, 4) is 5.75 Å². The summed E-state index contributed by atoms with van der Waals surface area (Å²) in [6, 6.07) is 9.80. The van der Waals surface area contributed by atoms with Gasteiger partial charge in [0.25, 0.3) is 5.91 Å². The topological polar surface area (TPSA) is 67.9 Å². The van der Waals surface area contributed by atoms with Crippen molar-refractivity contribution in [3.63, 3.8) is 0 Å². The molecule has 1 heterocycles. The monoisotopic (exact) mass is 434 g/mol. The Morgan fingerprint density at radius 2 is 1.84 bits per heavy atom. The van der Waals surface area contributed by atoms with Gasteiger partial charge in [-0.25, -0.2) is 0 Å². The predicted octanol–water partition coefficient (Wildman–Crippen LogP) is 4.19. The van der Waals surface area contributed by atoms with Crippen molar-refractivity contribution in [2.24, 2.45) is 0 Å². The number of anilines is 1. The number of carbonyl (C=O) groups excluding carboxylic acids is 2. The Morgan fingerprint density at radius 1 is 1.13 bits per heavy atom. The zero-order valence-electron chi connectivity index (χ0n) is 16.8. The largest absolute Gasteiger partial charge is 0.489 e. The smallest absolute Gasteiger partial charge is 0.416 e. The number of nitrogens with zero attached hydrogens (tertiary/aromatic N) is 1. The standard InChI is InChI=1S/C22H21F3N2O4/c1-14-16-5-3-4-6-17(16)21(29)27(14)10-9-20(28)26-18-13-15(22(23,24)25)7-8-19(18)31-12-11-30-2/h3-8,13H,1,9-12H2,2H3,(H,26,28). The van der Waals surface area contributed by atoms with E-state index in [-0.39, 0.29) is 43.5 Å². The van der Waals surface area contributed by atoms with Gasteiger partial charge in [-0.3, -0.25) is 9.59 Å². The second-order valence-electron chi connectivity index (χ2n) is 6.80. The van der Waals surface area contributed by atoms with Gasteiger partial charge in [0.2, 0.25) is 5.91 Å². The van der Waals surface area contributed by atoms with Crippen LogP contribution in [-0.4, -0.2) is 43.6 Å². The number of hydrogen-bond donors (Lipinski definition) is 1. The van der Waals surface area contributed by atoms with E-state index in [1.165, 1.54) is 12.0 Å². The normalized spacial score (nSPS) is 13.4. The fourth-order valence-electron chi connectivity index (χ4n) is 3.16. The van der Waals surface area contributed by atoms with Crippen molar-refractivity contribution in [2.75, 3.05) is 32.2 Å². The van der Waals surface area contributed by atoms with Crippen LogP contribution in [0.25, 0.3) is 5.70 Å². The zero-order valence-corrected chi connectivity index (χ0v) is 16.8. The maximum atomic E-state index is 13.1. The molecule has 0 bridgehead atoms. The Kier molecular flexibility index (Phi) is 6.65. The molecule has 0 saturated carbocycles. The number of amides is 2. The Hall–Kier alpha value is -3.33. The first-order chi connectivity index (χ1) is 14.7. The Balaban J connectivity index is 1.69. The van der Waals surface area contributed by atoms with Gasteiger partial charge in [0.05, 0.1) is 17.9 Å². The van der Waals surface area contributed by atoms with Gasteiger partial charge in [-0.15, -0.1) is 0 Å². The van der Waals surface area contributed by atoms with E-state index in [1.807, 2.05) is 0 Å². The van der Waals surface area contributed by atoms with Gasteiger partial charge in [-0.2, -0.15) is 13.2 Å². The Morgan fingerprint density at radius 3 is 2.48 bits per heavy atom. The van der Waals surface area contributed by atoms with Crippen LogP contribution in [-0.2, 0) is 15.7 Å². The van der Waals surface area contributed by atoms with Gasteiger partial charge >= 0.3 is 6.18 Å². The van der Waals surface area contributed by atoms with Crippen molar-refractivity contribution < 1.29 is 32.2 Å². The molecular formula is C22H21F3N2O4. The van der Waals surface area contributed by atoms with Crippen molar-refractivity contribution >= 4 is 23.2 Å². The van der Waals surface area contributed by atoms with Crippen LogP contribution < -0.4 is 10.1 Å². The number of alkyl halides is 3. The zero-order chi connectivity index (χ0) is 22.6. The molecule has 31 heavy (non-hydrogen) atoms. The van der Waals surface area contributed by atoms with E-state index >= 15 is 0 Å². The average molecular weight is 434 g/mol. The fraction of sp³-hybridized carbons (Fsp3) is 0.273. The molecule has 6 nitrogen and oxygen atoms in total. The van der Waals surface area contributed by atoms with Crippen LogP contribution in [0.1, 0.15) is 27.9 Å². The molecule has 1 aliphatic rings. The number of methoxy groups -OCH3 is 1. The molecule has 0 spiro atoms. The first-order valence-corrected chi connectivity index (χ1v) is 9.45. The van der Waals surface area contributed by atoms with Gasteiger partial charge in [0.1, 0.15) is 12.4 Å². The van der Waals surface area contributed by atoms with E-state index in [4.69, 9.17) is 9.47 Å². The number of halogens is 3. The summed E-state index contributed by atoms with van der Waals surface area (Å²) in [7, 11) is 1.46. The van der Waals surface area contributed by atoms with Crippen LogP contribution in [0.15, 0.2) is 49.0 Å². The van der Waals surface area contributed by atoms with Crippen LogP contribution in [0.3, 0.4) is 0 Å². The molecule has 1 N–H and O–H groups in total. The molecular weight excluding hydrogens is 413 g/mol. The molecule has 9 heteroatoms. The fourth-order valence-corrected chi connectivity index (χ4v) is 3.16. The van der Waals surface area contributed by atoms with Crippen molar-refractivity contribution in [1.29, 1.82) is 0 Å². The Bertz CT molecular complexity index is 969. The molecule has 3 rings (SSSR count). The number of fused-ring (bicyclic) bond motifs is 1. The first-order valence-electron chi connectivity index (χ1n) is 9.45. The molecule has 0 unspecified atom stereocenters. The minimum Gasteiger partial charge on any atom is -0.489 e. The molecule has 2 aromatic carbocycles. The number of nitrogens with one attached hydrogen (secondary N) is 1. The van der Waals surface area contributed by atoms with Gasteiger partial charge in [0, 0.05) is 36.9 Å². The van der Waals surface area contributed by atoms with Crippen molar-refractivity contribution in [2.45, 2.75) is 12.6 Å². The van der Waals surface area contributed by atoms with E-state index in [2.05, 4.69) is 11.9 Å². The summed E-state index contributed by atoms with van der Waals surface area (Å²) in [5.41, 5.74) is 0.654. The maximum Gasteiger partial charge on any atom is 0.416 e. The lowest BCUT2D eigenvalue weighted by molar-refractivity contribution is -0.137. The summed E-state index contributed by atoms with van der Waals surface area (Å²) in [4.78, 5) is 26.4. The highest BCUT2D eigenvalue weighted by atomic mass is 19.4. The van der Waals surface area contributed by atoms with E-state index in [9.17, 15) is 22.8 Å². The second kappa shape index (κ2) is 9.22. The third-order valence-corrected chi connectivity index (χ3v) is 4.73. The maximum absolute atomic E-state index is 13.1. The molecule has 0 aliphatic carbocycles. The summed E-state index contributed by atoms with van der Waals surface area (Å²) in [6.07, 6.45) is -4.71. The van der Waals surface area contributed by atoms with Gasteiger partial charge < -0.3 is 19.7 Å². The number of rotatable bonds is 8. The van der Waals surface area contributed by atoms with Crippen LogP contribution in [0.5, 0.6) is 5.75 Å². The predicted molar refractivity (Wildman–Crippen MR) is 109 cm³/mol. The summed E-state index contributed by atoms with van der Waals surface area (Å²) >= 11 is 0. The summed E-state index contributed by atoms with van der Waals surface area (Å²) in [5.74, 6) is -0.740. The first kappa shape index (κ1) is 22.4. The van der Waals surface area contributed by atoms with E-state index in [0.29, 0.717) is 16.8 Å². The molecule has 0 fully saturated rings. The van der Waals surface area contributed by atoms with Crippen LogP contribution in [0.4, 0.5) is 18.9 Å².